The van der Waals surface area contributed by atoms with E-state index in [2.05, 4.69) is 5.32 Å². The summed E-state index contributed by atoms with van der Waals surface area (Å²) < 4.78 is 14.0. The van der Waals surface area contributed by atoms with Crippen molar-refractivity contribution in [1.82, 2.24) is 10.2 Å². The lowest BCUT2D eigenvalue weighted by molar-refractivity contribution is -0.132. The minimum atomic E-state index is -1.19. The Hall–Kier alpha value is -1.91. The van der Waals surface area contributed by atoms with Gasteiger partial charge in [-0.3, -0.25) is 9.59 Å². The maximum atomic E-state index is 14.0. The summed E-state index contributed by atoms with van der Waals surface area (Å²) in [6, 6.07) is 6.88. The summed E-state index contributed by atoms with van der Waals surface area (Å²) in [5.74, 6) is -0.263. The largest absolute Gasteiger partial charge is 0.355 e. The van der Waals surface area contributed by atoms with E-state index in [0.717, 1.165) is 12.0 Å². The molecule has 1 aliphatic carbocycles. The first-order valence-corrected chi connectivity index (χ1v) is 7.17. The third kappa shape index (κ3) is 3.80. The minimum absolute atomic E-state index is 0.105. The van der Waals surface area contributed by atoms with Gasteiger partial charge in [0.25, 0.3) is 5.91 Å². The van der Waals surface area contributed by atoms with Crippen molar-refractivity contribution in [3.8, 4) is 0 Å². The molecule has 0 unspecified atom stereocenters. The van der Waals surface area contributed by atoms with E-state index >= 15 is 0 Å². The predicted octanol–water partition coefficient (Wildman–Crippen LogP) is 1.94. The van der Waals surface area contributed by atoms with E-state index in [1.165, 1.54) is 4.90 Å². The average Bonchev–Trinajstić information content (AvgIpc) is 2.45. The molecule has 5 heteroatoms. The van der Waals surface area contributed by atoms with Crippen molar-refractivity contribution >= 4 is 11.8 Å². The summed E-state index contributed by atoms with van der Waals surface area (Å²) in [6.45, 7) is 0.169. The zero-order valence-corrected chi connectivity index (χ0v) is 12.5. The highest BCUT2D eigenvalue weighted by Crippen LogP contribution is 2.36. The number of likely N-dealkylation sites (N-methyl/N-ethyl adjacent to an activating group) is 1. The summed E-state index contributed by atoms with van der Waals surface area (Å²) >= 11 is 0. The number of carbonyl (C=O) groups excluding carboxylic acids is 2. The molecule has 1 fully saturated rings. The molecule has 1 aromatic rings. The maximum Gasteiger partial charge on any atom is 0.251 e. The van der Waals surface area contributed by atoms with Crippen LogP contribution in [0.4, 0.5) is 4.39 Å². The third-order valence-corrected chi connectivity index (χ3v) is 3.99. The lowest BCUT2D eigenvalue weighted by atomic mass is 9.81. The van der Waals surface area contributed by atoms with Crippen molar-refractivity contribution in [3.05, 3.63) is 35.4 Å². The first kappa shape index (κ1) is 15.5. The molecule has 0 saturated heterocycles. The molecule has 0 radical (unpaired) electrons. The van der Waals surface area contributed by atoms with Gasteiger partial charge in [-0.25, -0.2) is 4.39 Å². The number of benzene rings is 1. The topological polar surface area (TPSA) is 49.4 Å². The van der Waals surface area contributed by atoms with Crippen LogP contribution < -0.4 is 5.32 Å². The fourth-order valence-corrected chi connectivity index (χ4v) is 2.46. The Morgan fingerprint density at radius 3 is 2.38 bits per heavy atom. The Morgan fingerprint density at radius 2 is 1.90 bits per heavy atom. The van der Waals surface area contributed by atoms with Gasteiger partial charge in [0.05, 0.1) is 13.0 Å². The second-order valence-corrected chi connectivity index (χ2v) is 5.71. The second kappa shape index (κ2) is 6.24. The molecular weight excluding hydrogens is 271 g/mol. The van der Waals surface area contributed by atoms with Crippen molar-refractivity contribution in [2.45, 2.75) is 31.4 Å². The van der Waals surface area contributed by atoms with Gasteiger partial charge in [0, 0.05) is 19.7 Å². The lowest BCUT2D eigenvalue weighted by Gasteiger charge is -2.37. The number of nitrogens with zero attached hydrogens (tertiary/aromatic N) is 1. The zero-order valence-electron chi connectivity index (χ0n) is 12.5. The van der Waals surface area contributed by atoms with E-state index < -0.39 is 5.67 Å². The highest BCUT2D eigenvalue weighted by Gasteiger charge is 2.38. The molecular formula is C16H21FN2O2. The summed E-state index contributed by atoms with van der Waals surface area (Å²) in [4.78, 5) is 25.0. The van der Waals surface area contributed by atoms with Gasteiger partial charge in [0.2, 0.25) is 5.91 Å². The van der Waals surface area contributed by atoms with E-state index in [0.29, 0.717) is 18.4 Å². The molecule has 0 aliphatic heterocycles. The van der Waals surface area contributed by atoms with Crippen molar-refractivity contribution < 1.29 is 14.0 Å². The molecule has 1 aromatic carbocycles. The molecule has 2 rings (SSSR count). The van der Waals surface area contributed by atoms with E-state index in [9.17, 15) is 14.0 Å². The minimum Gasteiger partial charge on any atom is -0.355 e. The number of carbonyl (C=O) groups is 2. The van der Waals surface area contributed by atoms with Gasteiger partial charge in [0.15, 0.2) is 0 Å². The number of nitrogens with one attached hydrogen (secondary N) is 1. The molecule has 1 N–H and O–H groups in total. The van der Waals surface area contributed by atoms with E-state index in [-0.39, 0.29) is 24.8 Å². The number of hydrogen-bond donors (Lipinski definition) is 1. The Labute approximate surface area is 124 Å². The van der Waals surface area contributed by atoms with Gasteiger partial charge in [-0.1, -0.05) is 12.1 Å². The molecule has 1 aliphatic rings. The summed E-state index contributed by atoms with van der Waals surface area (Å²) in [5, 5.41) is 2.54. The van der Waals surface area contributed by atoms with E-state index in [1.807, 2.05) is 0 Å². The molecule has 2 amide bonds. The Morgan fingerprint density at radius 1 is 1.29 bits per heavy atom. The van der Waals surface area contributed by atoms with Crippen LogP contribution >= 0.6 is 0 Å². The third-order valence-electron chi connectivity index (χ3n) is 3.99. The summed E-state index contributed by atoms with van der Waals surface area (Å²) in [5.41, 5.74) is 0.188. The highest BCUT2D eigenvalue weighted by atomic mass is 19.1. The second-order valence-electron chi connectivity index (χ2n) is 5.71. The predicted molar refractivity (Wildman–Crippen MR) is 78.9 cm³/mol. The van der Waals surface area contributed by atoms with Gasteiger partial charge < -0.3 is 10.2 Å². The smallest absolute Gasteiger partial charge is 0.251 e. The van der Waals surface area contributed by atoms with E-state index in [4.69, 9.17) is 0 Å². The van der Waals surface area contributed by atoms with Crippen LogP contribution in [0.2, 0.25) is 0 Å². The van der Waals surface area contributed by atoms with Crippen LogP contribution in [0.25, 0.3) is 0 Å². The van der Waals surface area contributed by atoms with Gasteiger partial charge in [-0.05, 0) is 37.0 Å². The van der Waals surface area contributed by atoms with Crippen LogP contribution in [-0.2, 0) is 11.2 Å². The van der Waals surface area contributed by atoms with Crippen LogP contribution in [0.1, 0.15) is 35.2 Å². The van der Waals surface area contributed by atoms with Crippen molar-refractivity contribution in [3.63, 3.8) is 0 Å². The van der Waals surface area contributed by atoms with Gasteiger partial charge >= 0.3 is 0 Å². The van der Waals surface area contributed by atoms with Gasteiger partial charge in [-0.15, -0.1) is 0 Å². The number of rotatable bonds is 5. The summed E-state index contributed by atoms with van der Waals surface area (Å²) in [6.07, 6.45) is 2.22. The molecule has 0 spiro atoms. The molecule has 114 valence electrons. The first-order valence-electron chi connectivity index (χ1n) is 7.17. The number of amides is 2. The zero-order chi connectivity index (χ0) is 15.5. The molecule has 0 bridgehead atoms. The van der Waals surface area contributed by atoms with Crippen LogP contribution in [0.15, 0.2) is 24.3 Å². The molecule has 1 saturated carbocycles. The Kier molecular flexibility index (Phi) is 4.60. The first-order chi connectivity index (χ1) is 9.93. The monoisotopic (exact) mass is 292 g/mol. The SMILES string of the molecule is CNC(=O)c1ccc(CC(=O)N(C)CC2(F)CCC2)cc1. The maximum absolute atomic E-state index is 14.0. The quantitative estimate of drug-likeness (QED) is 0.901. The van der Waals surface area contributed by atoms with Crippen LogP contribution in [0, 0.1) is 0 Å². The Bertz CT molecular complexity index is 524. The molecule has 0 aromatic heterocycles. The molecule has 4 nitrogen and oxygen atoms in total. The van der Waals surface area contributed by atoms with Crippen molar-refractivity contribution in [2.75, 3.05) is 20.6 Å². The fourth-order valence-electron chi connectivity index (χ4n) is 2.46. The fraction of sp³-hybridized carbons (Fsp3) is 0.500. The Balaban J connectivity index is 1.91. The van der Waals surface area contributed by atoms with E-state index in [1.54, 1.807) is 38.4 Å². The molecule has 0 heterocycles. The average molecular weight is 292 g/mol. The normalized spacial score (nSPS) is 16.0. The van der Waals surface area contributed by atoms with Crippen LogP contribution in [0.3, 0.4) is 0 Å². The number of hydrogen-bond acceptors (Lipinski definition) is 2. The van der Waals surface area contributed by atoms with Gasteiger partial charge in [-0.2, -0.15) is 0 Å². The standard InChI is InChI=1S/C16H21FN2O2/c1-18-15(21)13-6-4-12(5-7-13)10-14(20)19(2)11-16(17)8-3-9-16/h4-7H,3,8-11H2,1-2H3,(H,18,21). The summed E-state index contributed by atoms with van der Waals surface area (Å²) in [7, 11) is 3.21. The number of halogens is 1. The lowest BCUT2D eigenvalue weighted by Crippen LogP contribution is -2.45. The van der Waals surface area contributed by atoms with Gasteiger partial charge in [0.1, 0.15) is 5.67 Å². The molecule has 21 heavy (non-hydrogen) atoms. The number of alkyl halides is 1. The van der Waals surface area contributed by atoms with Crippen molar-refractivity contribution in [1.29, 1.82) is 0 Å². The molecule has 0 atom stereocenters. The van der Waals surface area contributed by atoms with Crippen LogP contribution in [0.5, 0.6) is 0 Å². The van der Waals surface area contributed by atoms with Crippen molar-refractivity contribution in [2.24, 2.45) is 0 Å². The highest BCUT2D eigenvalue weighted by molar-refractivity contribution is 5.94. The van der Waals surface area contributed by atoms with Crippen LogP contribution in [-0.4, -0.2) is 43.0 Å².